The number of rotatable bonds is 4. The van der Waals surface area contributed by atoms with Crippen molar-refractivity contribution in [1.82, 2.24) is 14.9 Å². The number of aromatic nitrogens is 2. The van der Waals surface area contributed by atoms with Crippen LogP contribution in [0.2, 0.25) is 0 Å². The number of imidazole rings is 1. The molecule has 1 aliphatic heterocycles. The molecule has 1 saturated heterocycles. The number of hydrogen-bond donors (Lipinski definition) is 1. The van der Waals surface area contributed by atoms with E-state index < -0.39 is 0 Å². The fourth-order valence-electron chi connectivity index (χ4n) is 3.42. The van der Waals surface area contributed by atoms with Crippen LogP contribution >= 0.6 is 0 Å². The van der Waals surface area contributed by atoms with Gasteiger partial charge < -0.3 is 14.3 Å². The smallest absolute Gasteiger partial charge is 0.201 e. The first-order chi connectivity index (χ1) is 11.7. The molecular weight excluding hydrogens is 302 g/mol. The van der Waals surface area contributed by atoms with Crippen LogP contribution in [0, 0.1) is 12.8 Å². The Kier molecular flexibility index (Phi) is 3.94. The highest BCUT2D eigenvalue weighted by molar-refractivity contribution is 5.98. The molecule has 0 saturated carbocycles. The Hall–Kier alpha value is -2.40. The number of carbonyl (C=O) groups is 1. The Morgan fingerprint density at radius 1 is 1.25 bits per heavy atom. The molecule has 5 heteroatoms. The Labute approximate surface area is 140 Å². The molecule has 4 rings (SSSR count). The average Bonchev–Trinajstić information content (AvgIpc) is 3.19. The van der Waals surface area contributed by atoms with Gasteiger partial charge in [0, 0.05) is 5.92 Å². The van der Waals surface area contributed by atoms with E-state index in [4.69, 9.17) is 4.42 Å². The second-order valence-corrected chi connectivity index (χ2v) is 6.41. The summed E-state index contributed by atoms with van der Waals surface area (Å²) in [4.78, 5) is 17.7. The van der Waals surface area contributed by atoms with Gasteiger partial charge in [-0.15, -0.1) is 0 Å². The molecule has 124 valence electrons. The van der Waals surface area contributed by atoms with Gasteiger partial charge in [0.25, 0.3) is 0 Å². The molecule has 2 aromatic heterocycles. The molecule has 24 heavy (non-hydrogen) atoms. The number of Topliss-reactive ketones (excluding diaryl/α,β-unsaturated/α-hetero) is 1. The first-order valence-corrected chi connectivity index (χ1v) is 8.48. The van der Waals surface area contributed by atoms with Crippen molar-refractivity contribution in [3.8, 4) is 0 Å². The van der Waals surface area contributed by atoms with Gasteiger partial charge in [0.05, 0.1) is 17.6 Å². The molecule has 1 N–H and O–H groups in total. The van der Waals surface area contributed by atoms with E-state index in [0.29, 0.717) is 12.4 Å². The lowest BCUT2D eigenvalue weighted by Gasteiger charge is -2.21. The highest BCUT2D eigenvalue weighted by atomic mass is 16.3. The predicted octanol–water partition coefficient (Wildman–Crippen LogP) is 3.17. The van der Waals surface area contributed by atoms with Crippen molar-refractivity contribution >= 4 is 16.8 Å². The van der Waals surface area contributed by atoms with E-state index in [1.54, 1.807) is 0 Å². The standard InChI is InChI=1S/C19H21N3O2/c1-13-6-7-15(24-13)12-22-17-5-3-2-4-16(17)21-19(22)18(23)14-8-10-20-11-9-14/h2-7,14,20H,8-12H2,1H3. The summed E-state index contributed by atoms with van der Waals surface area (Å²) < 4.78 is 7.71. The highest BCUT2D eigenvalue weighted by Gasteiger charge is 2.27. The fourth-order valence-corrected chi connectivity index (χ4v) is 3.42. The van der Waals surface area contributed by atoms with Crippen molar-refractivity contribution in [3.63, 3.8) is 0 Å². The van der Waals surface area contributed by atoms with Gasteiger partial charge in [0.2, 0.25) is 5.78 Å². The van der Waals surface area contributed by atoms with Crippen LogP contribution in [0.4, 0.5) is 0 Å². The van der Waals surface area contributed by atoms with E-state index in [2.05, 4.69) is 10.3 Å². The molecule has 0 amide bonds. The van der Waals surface area contributed by atoms with Gasteiger partial charge in [-0.1, -0.05) is 12.1 Å². The third-order valence-electron chi connectivity index (χ3n) is 4.69. The van der Waals surface area contributed by atoms with Crippen LogP contribution in [0.3, 0.4) is 0 Å². The van der Waals surface area contributed by atoms with Crippen molar-refractivity contribution < 1.29 is 9.21 Å². The number of hydrogen-bond acceptors (Lipinski definition) is 4. The van der Waals surface area contributed by atoms with Crippen LogP contribution in [-0.4, -0.2) is 28.4 Å². The number of ketones is 1. The number of furan rings is 1. The number of fused-ring (bicyclic) bond motifs is 1. The number of benzene rings is 1. The van der Waals surface area contributed by atoms with Crippen molar-refractivity contribution in [2.24, 2.45) is 5.92 Å². The molecule has 3 aromatic rings. The predicted molar refractivity (Wildman–Crippen MR) is 92.2 cm³/mol. The quantitative estimate of drug-likeness (QED) is 0.749. The van der Waals surface area contributed by atoms with E-state index in [1.165, 1.54) is 0 Å². The summed E-state index contributed by atoms with van der Waals surface area (Å²) >= 11 is 0. The normalized spacial score (nSPS) is 15.9. The number of piperidine rings is 1. The molecule has 1 aliphatic rings. The van der Waals surface area contributed by atoms with Crippen LogP contribution in [0.15, 0.2) is 40.8 Å². The van der Waals surface area contributed by atoms with Crippen LogP contribution in [0.5, 0.6) is 0 Å². The summed E-state index contributed by atoms with van der Waals surface area (Å²) in [5, 5.41) is 3.31. The van der Waals surface area contributed by atoms with Crippen molar-refractivity contribution in [1.29, 1.82) is 0 Å². The number of nitrogens with one attached hydrogen (secondary N) is 1. The molecule has 0 unspecified atom stereocenters. The van der Waals surface area contributed by atoms with Crippen LogP contribution in [0.25, 0.3) is 11.0 Å². The lowest BCUT2D eigenvalue weighted by Crippen LogP contribution is -2.33. The summed E-state index contributed by atoms with van der Waals surface area (Å²) in [5.74, 6) is 2.48. The molecule has 5 nitrogen and oxygen atoms in total. The highest BCUT2D eigenvalue weighted by Crippen LogP contribution is 2.23. The van der Waals surface area contributed by atoms with E-state index in [-0.39, 0.29) is 11.7 Å². The molecule has 1 fully saturated rings. The third kappa shape index (κ3) is 2.76. The van der Waals surface area contributed by atoms with Crippen molar-refractivity contribution in [3.05, 3.63) is 53.7 Å². The second-order valence-electron chi connectivity index (χ2n) is 6.41. The zero-order valence-electron chi connectivity index (χ0n) is 13.8. The number of aryl methyl sites for hydroxylation is 1. The molecule has 1 aromatic carbocycles. The molecule has 0 atom stereocenters. The van der Waals surface area contributed by atoms with Gasteiger partial charge in [0.1, 0.15) is 11.5 Å². The first kappa shape index (κ1) is 15.1. The van der Waals surface area contributed by atoms with Gasteiger partial charge >= 0.3 is 0 Å². The van der Waals surface area contributed by atoms with Crippen LogP contribution in [-0.2, 0) is 6.54 Å². The minimum absolute atomic E-state index is 0.0557. The summed E-state index contributed by atoms with van der Waals surface area (Å²) in [7, 11) is 0. The number of carbonyl (C=O) groups excluding carboxylic acids is 1. The summed E-state index contributed by atoms with van der Waals surface area (Å²) in [6.07, 6.45) is 1.75. The minimum Gasteiger partial charge on any atom is -0.464 e. The molecule has 3 heterocycles. The first-order valence-electron chi connectivity index (χ1n) is 8.48. The summed E-state index contributed by atoms with van der Waals surface area (Å²) in [6.45, 7) is 4.25. The van der Waals surface area contributed by atoms with E-state index >= 15 is 0 Å². The van der Waals surface area contributed by atoms with E-state index in [1.807, 2.05) is 47.9 Å². The van der Waals surface area contributed by atoms with E-state index in [0.717, 1.165) is 48.5 Å². The van der Waals surface area contributed by atoms with Gasteiger partial charge in [-0.3, -0.25) is 4.79 Å². The van der Waals surface area contributed by atoms with Gasteiger partial charge in [0.15, 0.2) is 5.82 Å². The topological polar surface area (TPSA) is 60.1 Å². The van der Waals surface area contributed by atoms with Gasteiger partial charge in [-0.05, 0) is 57.1 Å². The van der Waals surface area contributed by atoms with Crippen molar-refractivity contribution in [2.45, 2.75) is 26.3 Å². The maximum Gasteiger partial charge on any atom is 0.201 e. The average molecular weight is 323 g/mol. The van der Waals surface area contributed by atoms with Crippen molar-refractivity contribution in [2.75, 3.05) is 13.1 Å². The van der Waals surface area contributed by atoms with Gasteiger partial charge in [-0.25, -0.2) is 4.98 Å². The zero-order valence-corrected chi connectivity index (χ0v) is 13.8. The Bertz CT molecular complexity index is 872. The number of para-hydroxylation sites is 2. The maximum atomic E-state index is 13.0. The number of nitrogens with zero attached hydrogens (tertiary/aromatic N) is 2. The molecular formula is C19H21N3O2. The Morgan fingerprint density at radius 2 is 2.04 bits per heavy atom. The Balaban J connectivity index is 1.75. The second kappa shape index (κ2) is 6.24. The molecule has 0 bridgehead atoms. The fraction of sp³-hybridized carbons (Fsp3) is 0.368. The summed E-state index contributed by atoms with van der Waals surface area (Å²) in [6, 6.07) is 11.8. The molecule has 0 aliphatic carbocycles. The monoisotopic (exact) mass is 323 g/mol. The van der Waals surface area contributed by atoms with Crippen LogP contribution < -0.4 is 5.32 Å². The lowest BCUT2D eigenvalue weighted by atomic mass is 9.93. The van der Waals surface area contributed by atoms with Crippen LogP contribution in [0.1, 0.15) is 35.0 Å². The zero-order chi connectivity index (χ0) is 16.5. The van der Waals surface area contributed by atoms with E-state index in [9.17, 15) is 4.79 Å². The minimum atomic E-state index is 0.0557. The Morgan fingerprint density at radius 3 is 2.79 bits per heavy atom. The lowest BCUT2D eigenvalue weighted by molar-refractivity contribution is 0.0880. The van der Waals surface area contributed by atoms with Gasteiger partial charge in [-0.2, -0.15) is 0 Å². The third-order valence-corrected chi connectivity index (χ3v) is 4.69. The summed E-state index contributed by atoms with van der Waals surface area (Å²) in [5.41, 5.74) is 1.84. The molecule has 0 spiro atoms. The largest absolute Gasteiger partial charge is 0.464 e. The SMILES string of the molecule is Cc1ccc(Cn2c(C(=O)C3CCNCC3)nc3ccccc32)o1. The maximum absolute atomic E-state index is 13.0. The molecule has 0 radical (unpaired) electrons.